The third-order valence-corrected chi connectivity index (χ3v) is 1.86. The van der Waals surface area contributed by atoms with Crippen LogP contribution < -0.4 is 5.73 Å². The lowest BCUT2D eigenvalue weighted by Gasteiger charge is -2.02. The average Bonchev–Trinajstić information content (AvgIpc) is 2.42. The van der Waals surface area contributed by atoms with Crippen molar-refractivity contribution in [3.63, 3.8) is 0 Å². The van der Waals surface area contributed by atoms with Gasteiger partial charge in [-0.05, 0) is 17.7 Å². The maximum absolute atomic E-state index is 9.11. The molecule has 1 heterocycles. The zero-order chi connectivity index (χ0) is 9.42. The molecule has 13 heavy (non-hydrogen) atoms. The molecule has 0 aliphatic heterocycles. The molecule has 2 rings (SSSR count). The zero-order valence-electron chi connectivity index (χ0n) is 7.19. The summed E-state index contributed by atoms with van der Waals surface area (Å²) >= 11 is 0. The molecule has 0 amide bonds. The first-order chi connectivity index (χ1) is 6.16. The maximum atomic E-state index is 9.11. The van der Waals surface area contributed by atoms with Gasteiger partial charge in [0.25, 0.3) is 0 Å². The van der Waals surface area contributed by atoms with Crippen molar-refractivity contribution in [2.24, 2.45) is 5.73 Å². The Labute approximate surface area is 75.0 Å². The maximum Gasteiger partial charge on any atom is 0.192 e. The predicted molar refractivity (Wildman–Crippen MR) is 47.9 cm³/mol. The molecule has 1 unspecified atom stereocenters. The second kappa shape index (κ2) is 2.83. The summed E-state index contributed by atoms with van der Waals surface area (Å²) in [6, 6.07) is 5.19. The van der Waals surface area contributed by atoms with Gasteiger partial charge in [-0.1, -0.05) is 6.07 Å². The highest BCUT2D eigenvalue weighted by Crippen LogP contribution is 2.18. The summed E-state index contributed by atoms with van der Waals surface area (Å²) in [5.41, 5.74) is 7.38. The molecular formula is C9H10N2O2. The van der Waals surface area contributed by atoms with Gasteiger partial charge in [0.15, 0.2) is 11.5 Å². The first-order valence-corrected chi connectivity index (χ1v) is 3.97. The predicted octanol–water partition coefficient (Wildman–Crippen LogP) is 1.09. The van der Waals surface area contributed by atoms with E-state index in [0.717, 1.165) is 5.52 Å². The smallest absolute Gasteiger partial charge is 0.192 e. The number of aliphatic hydroxyl groups is 1. The van der Waals surface area contributed by atoms with Crippen molar-refractivity contribution >= 4 is 11.1 Å². The monoisotopic (exact) mass is 178 g/mol. The Morgan fingerprint density at radius 2 is 2.31 bits per heavy atom. The van der Waals surface area contributed by atoms with E-state index < -0.39 is 6.23 Å². The highest BCUT2D eigenvalue weighted by atomic mass is 16.3. The fourth-order valence-electron chi connectivity index (χ4n) is 1.24. The first-order valence-electron chi connectivity index (χ1n) is 3.97. The molecule has 4 nitrogen and oxygen atoms in total. The number of benzene rings is 1. The number of fused-ring (bicyclic) bond motifs is 1. The summed E-state index contributed by atoms with van der Waals surface area (Å²) in [6.45, 7) is 1.78. The molecule has 1 atom stereocenters. The van der Waals surface area contributed by atoms with Crippen LogP contribution in [0.3, 0.4) is 0 Å². The van der Waals surface area contributed by atoms with Crippen LogP contribution in [0.5, 0.6) is 0 Å². The Morgan fingerprint density at radius 1 is 1.54 bits per heavy atom. The van der Waals surface area contributed by atoms with E-state index >= 15 is 0 Å². The summed E-state index contributed by atoms with van der Waals surface area (Å²) in [5, 5.41) is 9.11. The summed E-state index contributed by atoms with van der Waals surface area (Å²) in [4.78, 5) is 4.12. The normalized spacial score (nSPS) is 13.5. The minimum atomic E-state index is -0.957. The second-order valence-electron chi connectivity index (χ2n) is 2.90. The third kappa shape index (κ3) is 1.41. The zero-order valence-corrected chi connectivity index (χ0v) is 7.19. The van der Waals surface area contributed by atoms with Gasteiger partial charge in [-0.3, -0.25) is 0 Å². The van der Waals surface area contributed by atoms with Crippen LogP contribution in [0.25, 0.3) is 11.1 Å². The van der Waals surface area contributed by atoms with Gasteiger partial charge in [-0.2, -0.15) is 0 Å². The molecule has 0 aliphatic carbocycles. The molecular weight excluding hydrogens is 168 g/mol. The van der Waals surface area contributed by atoms with Crippen molar-refractivity contribution in [1.29, 1.82) is 0 Å². The molecule has 0 radical (unpaired) electrons. The number of hydrogen-bond donors (Lipinski definition) is 2. The van der Waals surface area contributed by atoms with E-state index in [4.69, 9.17) is 15.3 Å². The van der Waals surface area contributed by atoms with Gasteiger partial charge in [-0.25, -0.2) is 4.98 Å². The Hall–Kier alpha value is -1.39. The van der Waals surface area contributed by atoms with Crippen molar-refractivity contribution in [2.45, 2.75) is 13.2 Å². The van der Waals surface area contributed by atoms with E-state index in [1.165, 1.54) is 0 Å². The minimum Gasteiger partial charge on any atom is -0.441 e. The Balaban J connectivity index is 2.61. The van der Waals surface area contributed by atoms with Gasteiger partial charge in [-0.15, -0.1) is 0 Å². The van der Waals surface area contributed by atoms with Gasteiger partial charge in [0, 0.05) is 6.92 Å². The number of aryl methyl sites for hydroxylation is 1. The molecule has 0 saturated heterocycles. The lowest BCUT2D eigenvalue weighted by Crippen LogP contribution is -2.07. The van der Waals surface area contributed by atoms with Crippen molar-refractivity contribution in [3.8, 4) is 0 Å². The molecule has 68 valence electrons. The number of nitrogens with zero attached hydrogens (tertiary/aromatic N) is 1. The second-order valence-corrected chi connectivity index (χ2v) is 2.90. The standard InChI is InChI=1S/C9H10N2O2/c1-5-11-7-4-6(9(10)12)2-3-8(7)13-5/h2-4,9,12H,10H2,1H3. The van der Waals surface area contributed by atoms with E-state index in [0.29, 0.717) is 17.0 Å². The summed E-state index contributed by atoms with van der Waals surface area (Å²) in [6.07, 6.45) is -0.957. The number of aromatic nitrogens is 1. The molecule has 1 aromatic heterocycles. The lowest BCUT2D eigenvalue weighted by molar-refractivity contribution is 0.186. The van der Waals surface area contributed by atoms with Crippen LogP contribution >= 0.6 is 0 Å². The van der Waals surface area contributed by atoms with E-state index in [1.807, 2.05) is 0 Å². The van der Waals surface area contributed by atoms with Crippen molar-refractivity contribution in [2.75, 3.05) is 0 Å². The van der Waals surface area contributed by atoms with Crippen LogP contribution in [-0.4, -0.2) is 10.1 Å². The molecule has 4 heteroatoms. The summed E-state index contributed by atoms with van der Waals surface area (Å²) in [5.74, 6) is 0.610. The van der Waals surface area contributed by atoms with Gasteiger partial charge in [0.1, 0.15) is 11.7 Å². The first kappa shape index (κ1) is 8.22. The number of rotatable bonds is 1. The molecule has 1 aromatic carbocycles. The van der Waals surface area contributed by atoms with Crippen molar-refractivity contribution in [3.05, 3.63) is 29.7 Å². The molecule has 2 aromatic rings. The van der Waals surface area contributed by atoms with Crippen LogP contribution in [0.15, 0.2) is 22.6 Å². The van der Waals surface area contributed by atoms with Gasteiger partial charge in [0.2, 0.25) is 0 Å². The third-order valence-electron chi connectivity index (χ3n) is 1.86. The van der Waals surface area contributed by atoms with Crippen molar-refractivity contribution < 1.29 is 9.52 Å². The number of nitrogens with two attached hydrogens (primary N) is 1. The quantitative estimate of drug-likeness (QED) is 0.641. The lowest BCUT2D eigenvalue weighted by atomic mass is 10.2. The highest BCUT2D eigenvalue weighted by molar-refractivity contribution is 5.73. The van der Waals surface area contributed by atoms with Crippen LogP contribution in [0, 0.1) is 6.92 Å². The number of hydrogen-bond acceptors (Lipinski definition) is 4. The molecule has 0 saturated carbocycles. The van der Waals surface area contributed by atoms with Crippen molar-refractivity contribution in [1.82, 2.24) is 4.98 Å². The van der Waals surface area contributed by atoms with Crippen LogP contribution in [0.2, 0.25) is 0 Å². The number of aliphatic hydroxyl groups excluding tert-OH is 1. The Morgan fingerprint density at radius 3 is 3.00 bits per heavy atom. The minimum absolute atomic E-state index is 0.610. The van der Waals surface area contributed by atoms with E-state index in [1.54, 1.807) is 25.1 Å². The number of oxazole rings is 1. The Kier molecular flexibility index (Phi) is 1.79. The average molecular weight is 178 g/mol. The molecule has 0 spiro atoms. The fraction of sp³-hybridized carbons (Fsp3) is 0.222. The fourth-order valence-corrected chi connectivity index (χ4v) is 1.24. The molecule has 3 N–H and O–H groups in total. The van der Waals surface area contributed by atoms with E-state index in [9.17, 15) is 0 Å². The van der Waals surface area contributed by atoms with Gasteiger partial charge < -0.3 is 15.3 Å². The van der Waals surface area contributed by atoms with Crippen LogP contribution in [0.4, 0.5) is 0 Å². The SMILES string of the molecule is Cc1nc2cc(C(N)O)ccc2o1. The largest absolute Gasteiger partial charge is 0.441 e. The van der Waals surface area contributed by atoms with Crippen LogP contribution in [0.1, 0.15) is 17.7 Å². The molecule has 0 fully saturated rings. The molecule has 0 aliphatic rings. The molecule has 0 bridgehead atoms. The Bertz CT molecular complexity index is 434. The topological polar surface area (TPSA) is 72.3 Å². The van der Waals surface area contributed by atoms with Gasteiger partial charge >= 0.3 is 0 Å². The van der Waals surface area contributed by atoms with Gasteiger partial charge in [0.05, 0.1) is 0 Å². The highest BCUT2D eigenvalue weighted by Gasteiger charge is 2.05. The summed E-state index contributed by atoms with van der Waals surface area (Å²) in [7, 11) is 0. The van der Waals surface area contributed by atoms with E-state index in [2.05, 4.69) is 4.98 Å². The van der Waals surface area contributed by atoms with Crippen LogP contribution in [-0.2, 0) is 0 Å². The summed E-state index contributed by atoms with van der Waals surface area (Å²) < 4.78 is 5.27. The van der Waals surface area contributed by atoms with E-state index in [-0.39, 0.29) is 0 Å².